The second-order valence-corrected chi connectivity index (χ2v) is 5.42. The maximum absolute atomic E-state index is 9.71. The van der Waals surface area contributed by atoms with E-state index in [4.69, 9.17) is 11.6 Å². The second-order valence-electron chi connectivity index (χ2n) is 3.69. The quantitative estimate of drug-likeness (QED) is 0.822. The van der Waals surface area contributed by atoms with Crippen molar-refractivity contribution in [2.24, 2.45) is 0 Å². The lowest BCUT2D eigenvalue weighted by Gasteiger charge is -2.14. The fourth-order valence-electron chi connectivity index (χ4n) is 1.34. The molecule has 0 aliphatic rings. The van der Waals surface area contributed by atoms with E-state index in [1.807, 2.05) is 23.9 Å². The third-order valence-electron chi connectivity index (χ3n) is 2.28. The van der Waals surface area contributed by atoms with E-state index in [9.17, 15) is 5.11 Å². The first-order valence-corrected chi connectivity index (χ1v) is 6.96. The normalized spacial score (nSPS) is 12.7. The molecule has 1 rings (SSSR count). The standard InChI is InChI=1S/C12H18ClNOS/c1-3-16-8-9(2)14-7-10-5-4-6-11(13)12(10)15/h4-6,9,14-15H,3,7-8H2,1-2H3. The summed E-state index contributed by atoms with van der Waals surface area (Å²) in [6.45, 7) is 4.95. The summed E-state index contributed by atoms with van der Waals surface area (Å²) in [7, 11) is 0. The Bertz CT molecular complexity index is 333. The number of aromatic hydroxyl groups is 1. The number of para-hydroxylation sites is 1. The lowest BCUT2D eigenvalue weighted by atomic mass is 10.2. The highest BCUT2D eigenvalue weighted by molar-refractivity contribution is 7.99. The summed E-state index contributed by atoms with van der Waals surface area (Å²) in [6, 6.07) is 5.86. The van der Waals surface area contributed by atoms with E-state index in [1.54, 1.807) is 6.07 Å². The number of halogens is 1. The molecule has 0 aliphatic heterocycles. The van der Waals surface area contributed by atoms with Gasteiger partial charge < -0.3 is 10.4 Å². The van der Waals surface area contributed by atoms with Crippen LogP contribution in [0.4, 0.5) is 0 Å². The van der Waals surface area contributed by atoms with Crippen LogP contribution in [0.1, 0.15) is 19.4 Å². The Morgan fingerprint density at radius 1 is 1.50 bits per heavy atom. The summed E-state index contributed by atoms with van der Waals surface area (Å²) in [4.78, 5) is 0. The summed E-state index contributed by atoms with van der Waals surface area (Å²) < 4.78 is 0. The molecule has 0 saturated heterocycles. The third-order valence-corrected chi connectivity index (χ3v) is 3.73. The monoisotopic (exact) mass is 259 g/mol. The Morgan fingerprint density at radius 2 is 2.25 bits per heavy atom. The van der Waals surface area contributed by atoms with Crippen LogP contribution in [0.3, 0.4) is 0 Å². The minimum Gasteiger partial charge on any atom is -0.506 e. The Balaban J connectivity index is 2.45. The Kier molecular flexibility index (Phi) is 6.03. The molecule has 0 spiro atoms. The van der Waals surface area contributed by atoms with Gasteiger partial charge in [-0.25, -0.2) is 0 Å². The summed E-state index contributed by atoms with van der Waals surface area (Å²) in [5, 5.41) is 13.5. The van der Waals surface area contributed by atoms with Gasteiger partial charge in [0.2, 0.25) is 0 Å². The van der Waals surface area contributed by atoms with Crippen LogP contribution in [0.25, 0.3) is 0 Å². The fraction of sp³-hybridized carbons (Fsp3) is 0.500. The van der Waals surface area contributed by atoms with Crippen LogP contribution in [-0.2, 0) is 6.54 Å². The van der Waals surface area contributed by atoms with Crippen LogP contribution < -0.4 is 5.32 Å². The average Bonchev–Trinajstić information content (AvgIpc) is 2.28. The molecule has 0 saturated carbocycles. The number of benzene rings is 1. The smallest absolute Gasteiger partial charge is 0.138 e. The van der Waals surface area contributed by atoms with Gasteiger partial charge in [-0.05, 0) is 18.7 Å². The summed E-state index contributed by atoms with van der Waals surface area (Å²) in [5.74, 6) is 2.40. The van der Waals surface area contributed by atoms with Crippen molar-refractivity contribution in [3.8, 4) is 5.75 Å². The number of thioether (sulfide) groups is 1. The Morgan fingerprint density at radius 3 is 2.94 bits per heavy atom. The van der Waals surface area contributed by atoms with Gasteiger partial charge in [0, 0.05) is 23.9 Å². The minimum atomic E-state index is 0.187. The molecule has 2 nitrogen and oxygen atoms in total. The highest BCUT2D eigenvalue weighted by atomic mass is 35.5. The van der Waals surface area contributed by atoms with Gasteiger partial charge in [0.1, 0.15) is 5.75 Å². The van der Waals surface area contributed by atoms with E-state index < -0.39 is 0 Å². The minimum absolute atomic E-state index is 0.187. The molecule has 0 fully saturated rings. The molecule has 16 heavy (non-hydrogen) atoms. The first-order valence-electron chi connectivity index (χ1n) is 5.42. The molecule has 4 heteroatoms. The molecule has 1 atom stereocenters. The highest BCUT2D eigenvalue weighted by Crippen LogP contribution is 2.26. The van der Waals surface area contributed by atoms with Gasteiger partial charge in [-0.2, -0.15) is 11.8 Å². The van der Waals surface area contributed by atoms with Crippen LogP contribution in [0, 0.1) is 0 Å². The molecule has 90 valence electrons. The summed E-state index contributed by atoms with van der Waals surface area (Å²) in [6.07, 6.45) is 0. The maximum atomic E-state index is 9.71. The van der Waals surface area contributed by atoms with Gasteiger partial charge in [0.05, 0.1) is 5.02 Å². The van der Waals surface area contributed by atoms with E-state index >= 15 is 0 Å². The van der Waals surface area contributed by atoms with Crippen molar-refractivity contribution in [1.29, 1.82) is 0 Å². The molecular formula is C12H18ClNOS. The molecule has 0 heterocycles. The number of hydrogen-bond acceptors (Lipinski definition) is 3. The SMILES string of the molecule is CCSCC(C)NCc1cccc(Cl)c1O. The van der Waals surface area contributed by atoms with Crippen LogP contribution in [0.2, 0.25) is 5.02 Å². The Labute approximate surface area is 106 Å². The van der Waals surface area contributed by atoms with Crippen LogP contribution in [0.5, 0.6) is 5.75 Å². The van der Waals surface area contributed by atoms with Crippen LogP contribution in [0.15, 0.2) is 18.2 Å². The van der Waals surface area contributed by atoms with Gasteiger partial charge in [0.25, 0.3) is 0 Å². The molecule has 1 aromatic rings. The van der Waals surface area contributed by atoms with E-state index in [2.05, 4.69) is 19.2 Å². The predicted molar refractivity (Wildman–Crippen MR) is 72.4 cm³/mol. The van der Waals surface area contributed by atoms with Crippen molar-refractivity contribution in [2.45, 2.75) is 26.4 Å². The zero-order valence-corrected chi connectivity index (χ0v) is 11.2. The molecular weight excluding hydrogens is 242 g/mol. The highest BCUT2D eigenvalue weighted by Gasteiger charge is 2.06. The molecule has 0 bridgehead atoms. The number of hydrogen-bond donors (Lipinski definition) is 2. The van der Waals surface area contributed by atoms with Gasteiger partial charge >= 0.3 is 0 Å². The topological polar surface area (TPSA) is 32.3 Å². The van der Waals surface area contributed by atoms with E-state index in [1.165, 1.54) is 0 Å². The van der Waals surface area contributed by atoms with Crippen LogP contribution in [-0.4, -0.2) is 22.7 Å². The first-order chi connectivity index (χ1) is 7.65. The van der Waals surface area contributed by atoms with Gasteiger partial charge in [-0.1, -0.05) is 30.7 Å². The molecule has 2 N–H and O–H groups in total. The largest absolute Gasteiger partial charge is 0.506 e. The molecule has 1 unspecified atom stereocenters. The van der Waals surface area contributed by atoms with Crippen molar-refractivity contribution in [3.63, 3.8) is 0 Å². The number of phenols is 1. The second kappa shape index (κ2) is 7.05. The third kappa shape index (κ3) is 4.24. The van der Waals surface area contributed by atoms with Crippen molar-refractivity contribution in [2.75, 3.05) is 11.5 Å². The van der Waals surface area contributed by atoms with Crippen molar-refractivity contribution in [3.05, 3.63) is 28.8 Å². The van der Waals surface area contributed by atoms with Crippen molar-refractivity contribution >= 4 is 23.4 Å². The number of rotatable bonds is 6. The zero-order chi connectivity index (χ0) is 12.0. The van der Waals surface area contributed by atoms with Gasteiger partial charge in [-0.3, -0.25) is 0 Å². The molecule has 0 radical (unpaired) electrons. The average molecular weight is 260 g/mol. The molecule has 1 aromatic carbocycles. The van der Waals surface area contributed by atoms with Crippen molar-refractivity contribution < 1.29 is 5.11 Å². The molecule has 0 aliphatic carbocycles. The lowest BCUT2D eigenvalue weighted by Crippen LogP contribution is -2.27. The molecule has 0 amide bonds. The van der Waals surface area contributed by atoms with E-state index in [0.29, 0.717) is 17.6 Å². The van der Waals surface area contributed by atoms with Gasteiger partial charge in [-0.15, -0.1) is 0 Å². The fourth-order valence-corrected chi connectivity index (χ4v) is 2.24. The number of phenolic OH excluding ortho intramolecular Hbond substituents is 1. The predicted octanol–water partition coefficient (Wildman–Crippen LogP) is 3.28. The maximum Gasteiger partial charge on any atom is 0.138 e. The zero-order valence-electron chi connectivity index (χ0n) is 9.66. The number of nitrogens with one attached hydrogen (secondary N) is 1. The van der Waals surface area contributed by atoms with E-state index in [-0.39, 0.29) is 5.75 Å². The lowest BCUT2D eigenvalue weighted by molar-refractivity contribution is 0.462. The van der Waals surface area contributed by atoms with E-state index in [0.717, 1.165) is 17.1 Å². The molecule has 0 aromatic heterocycles. The van der Waals surface area contributed by atoms with Gasteiger partial charge in [0.15, 0.2) is 0 Å². The Hall–Kier alpha value is -0.380. The summed E-state index contributed by atoms with van der Waals surface area (Å²) in [5.41, 5.74) is 0.848. The first kappa shape index (κ1) is 13.7. The van der Waals surface area contributed by atoms with Crippen LogP contribution >= 0.6 is 23.4 Å². The summed E-state index contributed by atoms with van der Waals surface area (Å²) >= 11 is 7.74. The van der Waals surface area contributed by atoms with Crippen molar-refractivity contribution in [1.82, 2.24) is 5.32 Å².